The second kappa shape index (κ2) is 8.50. The maximum absolute atomic E-state index is 11.6. The third kappa shape index (κ3) is 5.72. The van der Waals surface area contributed by atoms with Crippen molar-refractivity contribution in [2.45, 2.75) is 6.92 Å². The van der Waals surface area contributed by atoms with E-state index in [1.807, 2.05) is 12.1 Å². The number of hydrogen-bond acceptors (Lipinski definition) is 4. The van der Waals surface area contributed by atoms with E-state index in [0.29, 0.717) is 18.1 Å². The Morgan fingerprint density at radius 3 is 2.63 bits per heavy atom. The molecule has 1 rings (SSSR count). The maximum Gasteiger partial charge on any atom is 0.251 e. The van der Waals surface area contributed by atoms with Crippen molar-refractivity contribution < 1.29 is 14.6 Å². The van der Waals surface area contributed by atoms with E-state index in [2.05, 4.69) is 17.6 Å². The normalized spacial score (nSPS) is 11.9. The number of methoxy groups -OCH3 is 1. The van der Waals surface area contributed by atoms with Crippen LogP contribution in [0, 0.1) is 5.92 Å². The first-order valence-corrected chi connectivity index (χ1v) is 6.39. The molecule has 0 spiro atoms. The first-order valence-electron chi connectivity index (χ1n) is 6.39. The Labute approximate surface area is 114 Å². The molecule has 1 unspecified atom stereocenters. The Morgan fingerprint density at radius 1 is 1.37 bits per heavy atom. The van der Waals surface area contributed by atoms with Crippen LogP contribution >= 0.6 is 0 Å². The van der Waals surface area contributed by atoms with Crippen LogP contribution in [0.1, 0.15) is 17.3 Å². The largest absolute Gasteiger partial charge is 0.395 e. The Bertz CT molecular complexity index is 379. The predicted octanol–water partition coefficient (Wildman–Crippen LogP) is 1.10. The van der Waals surface area contributed by atoms with E-state index in [9.17, 15) is 4.79 Å². The third-order valence-electron chi connectivity index (χ3n) is 2.65. The summed E-state index contributed by atoms with van der Waals surface area (Å²) in [6.07, 6.45) is 0. The van der Waals surface area contributed by atoms with Crippen LogP contribution in [-0.4, -0.2) is 44.4 Å². The van der Waals surface area contributed by atoms with E-state index < -0.39 is 0 Å². The lowest BCUT2D eigenvalue weighted by molar-refractivity contribution is 0.0945. The molecule has 1 atom stereocenters. The van der Waals surface area contributed by atoms with Gasteiger partial charge in [-0.05, 0) is 30.2 Å². The lowest BCUT2D eigenvalue weighted by Gasteiger charge is -2.12. The summed E-state index contributed by atoms with van der Waals surface area (Å²) < 4.78 is 5.07. The van der Waals surface area contributed by atoms with Crippen LogP contribution in [0.4, 0.5) is 5.69 Å². The van der Waals surface area contributed by atoms with Gasteiger partial charge in [-0.15, -0.1) is 0 Å². The molecule has 0 saturated carbocycles. The second-order valence-corrected chi connectivity index (χ2v) is 4.50. The fourth-order valence-electron chi connectivity index (χ4n) is 1.65. The molecule has 0 bridgehead atoms. The van der Waals surface area contributed by atoms with Crippen LogP contribution in [-0.2, 0) is 4.74 Å². The highest BCUT2D eigenvalue weighted by atomic mass is 16.5. The highest BCUT2D eigenvalue weighted by Crippen LogP contribution is 2.10. The number of carbonyl (C=O) groups is 1. The highest BCUT2D eigenvalue weighted by Gasteiger charge is 2.05. The number of benzene rings is 1. The lowest BCUT2D eigenvalue weighted by atomic mass is 10.1. The van der Waals surface area contributed by atoms with Gasteiger partial charge in [0.2, 0.25) is 0 Å². The average Bonchev–Trinajstić information content (AvgIpc) is 2.43. The van der Waals surface area contributed by atoms with Crippen LogP contribution in [0.15, 0.2) is 24.3 Å². The number of ether oxygens (including phenoxy) is 1. The molecule has 19 heavy (non-hydrogen) atoms. The van der Waals surface area contributed by atoms with Crippen molar-refractivity contribution in [1.82, 2.24) is 5.32 Å². The number of anilines is 1. The van der Waals surface area contributed by atoms with Crippen molar-refractivity contribution in [3.63, 3.8) is 0 Å². The van der Waals surface area contributed by atoms with Gasteiger partial charge in [0.05, 0.1) is 13.2 Å². The molecule has 0 radical (unpaired) electrons. The first-order chi connectivity index (χ1) is 9.17. The fourth-order valence-corrected chi connectivity index (χ4v) is 1.65. The summed E-state index contributed by atoms with van der Waals surface area (Å²) in [6, 6.07) is 7.26. The summed E-state index contributed by atoms with van der Waals surface area (Å²) in [5.41, 5.74) is 1.56. The van der Waals surface area contributed by atoms with Gasteiger partial charge in [-0.25, -0.2) is 0 Å². The zero-order valence-corrected chi connectivity index (χ0v) is 11.5. The molecule has 0 aliphatic carbocycles. The zero-order valence-electron chi connectivity index (χ0n) is 11.5. The minimum atomic E-state index is -0.173. The number of aliphatic hydroxyl groups excluding tert-OH is 1. The Morgan fingerprint density at radius 2 is 2.05 bits per heavy atom. The van der Waals surface area contributed by atoms with Gasteiger partial charge in [0.1, 0.15) is 0 Å². The van der Waals surface area contributed by atoms with E-state index in [4.69, 9.17) is 9.84 Å². The zero-order chi connectivity index (χ0) is 14.1. The van der Waals surface area contributed by atoms with Gasteiger partial charge in [-0.1, -0.05) is 6.92 Å². The summed E-state index contributed by atoms with van der Waals surface area (Å²) in [6.45, 7) is 3.86. The Balaban J connectivity index is 2.45. The molecule has 3 N–H and O–H groups in total. The first kappa shape index (κ1) is 15.5. The van der Waals surface area contributed by atoms with Crippen molar-refractivity contribution >= 4 is 11.6 Å². The molecular weight excluding hydrogens is 244 g/mol. The summed E-state index contributed by atoms with van der Waals surface area (Å²) in [5.74, 6) is 0.255. The van der Waals surface area contributed by atoms with Crippen molar-refractivity contribution in [3.05, 3.63) is 29.8 Å². The van der Waals surface area contributed by atoms with E-state index >= 15 is 0 Å². The molecule has 0 aromatic heterocycles. The van der Waals surface area contributed by atoms with Crippen LogP contribution < -0.4 is 10.6 Å². The van der Waals surface area contributed by atoms with Gasteiger partial charge in [0.15, 0.2) is 0 Å². The molecular formula is C14H22N2O3. The monoisotopic (exact) mass is 266 g/mol. The van der Waals surface area contributed by atoms with E-state index in [-0.39, 0.29) is 19.1 Å². The molecule has 5 heteroatoms. The van der Waals surface area contributed by atoms with Crippen molar-refractivity contribution in [2.24, 2.45) is 5.92 Å². The van der Waals surface area contributed by atoms with Gasteiger partial charge >= 0.3 is 0 Å². The van der Waals surface area contributed by atoms with Crippen LogP contribution in [0.2, 0.25) is 0 Å². The molecule has 0 aliphatic heterocycles. The molecule has 106 valence electrons. The van der Waals surface area contributed by atoms with E-state index in [1.165, 1.54) is 0 Å². The predicted molar refractivity (Wildman–Crippen MR) is 75.4 cm³/mol. The number of nitrogens with one attached hydrogen (secondary N) is 2. The van der Waals surface area contributed by atoms with Gasteiger partial charge in [-0.3, -0.25) is 4.79 Å². The molecule has 0 saturated heterocycles. The number of carbonyl (C=O) groups excluding carboxylic acids is 1. The van der Waals surface area contributed by atoms with Crippen molar-refractivity contribution in [1.29, 1.82) is 0 Å². The highest BCUT2D eigenvalue weighted by molar-refractivity contribution is 5.94. The number of amides is 1. The molecule has 0 heterocycles. The number of rotatable bonds is 8. The Kier molecular flexibility index (Phi) is 6.92. The number of aliphatic hydroxyl groups is 1. The maximum atomic E-state index is 11.6. The molecule has 5 nitrogen and oxygen atoms in total. The molecule has 1 aromatic rings. The standard InChI is InChI=1S/C14H22N2O3/c1-11(10-19-2)9-16-13-5-3-12(4-6-13)14(18)15-7-8-17/h3-6,11,16-17H,7-10H2,1-2H3,(H,15,18). The summed E-state index contributed by atoms with van der Waals surface area (Å²) in [7, 11) is 1.69. The van der Waals surface area contributed by atoms with E-state index in [1.54, 1.807) is 19.2 Å². The molecule has 0 aliphatic rings. The lowest BCUT2D eigenvalue weighted by Crippen LogP contribution is -2.26. The van der Waals surface area contributed by atoms with Crippen molar-refractivity contribution in [2.75, 3.05) is 38.7 Å². The average molecular weight is 266 g/mol. The fraction of sp³-hybridized carbons (Fsp3) is 0.500. The quantitative estimate of drug-likeness (QED) is 0.659. The smallest absolute Gasteiger partial charge is 0.251 e. The SMILES string of the molecule is COCC(C)CNc1ccc(C(=O)NCCO)cc1. The Hall–Kier alpha value is -1.59. The van der Waals surface area contributed by atoms with Crippen LogP contribution in [0.3, 0.4) is 0 Å². The summed E-state index contributed by atoms with van der Waals surface area (Å²) >= 11 is 0. The van der Waals surface area contributed by atoms with Gasteiger partial charge in [-0.2, -0.15) is 0 Å². The summed E-state index contributed by atoms with van der Waals surface area (Å²) in [5, 5.41) is 14.5. The van der Waals surface area contributed by atoms with Gasteiger partial charge < -0.3 is 20.5 Å². The topological polar surface area (TPSA) is 70.6 Å². The molecule has 1 amide bonds. The van der Waals surface area contributed by atoms with Crippen molar-refractivity contribution in [3.8, 4) is 0 Å². The minimum absolute atomic E-state index is 0.0528. The second-order valence-electron chi connectivity index (χ2n) is 4.50. The minimum Gasteiger partial charge on any atom is -0.395 e. The molecule has 0 fully saturated rings. The van der Waals surface area contributed by atoms with Crippen LogP contribution in [0.5, 0.6) is 0 Å². The van der Waals surface area contributed by atoms with E-state index in [0.717, 1.165) is 12.2 Å². The number of hydrogen-bond donors (Lipinski definition) is 3. The van der Waals surface area contributed by atoms with Crippen LogP contribution in [0.25, 0.3) is 0 Å². The van der Waals surface area contributed by atoms with Gasteiger partial charge in [0, 0.05) is 31.5 Å². The summed E-state index contributed by atoms with van der Waals surface area (Å²) in [4.78, 5) is 11.6. The molecule has 1 aromatic carbocycles. The van der Waals surface area contributed by atoms with Gasteiger partial charge in [0.25, 0.3) is 5.91 Å². The third-order valence-corrected chi connectivity index (χ3v) is 2.65.